The van der Waals surface area contributed by atoms with Gasteiger partial charge in [0.1, 0.15) is 12.4 Å². The Kier molecular flexibility index (Phi) is 4.61. The average Bonchev–Trinajstić information content (AvgIpc) is 3.22. The van der Waals surface area contributed by atoms with Crippen molar-refractivity contribution in [3.05, 3.63) is 53.0 Å². The van der Waals surface area contributed by atoms with E-state index in [-0.39, 0.29) is 17.7 Å². The van der Waals surface area contributed by atoms with Gasteiger partial charge in [0.2, 0.25) is 0 Å². The number of hydrogen-bond acceptors (Lipinski definition) is 4. The van der Waals surface area contributed by atoms with Crippen LogP contribution in [0.1, 0.15) is 23.5 Å². The Morgan fingerprint density at radius 3 is 2.67 bits per heavy atom. The second-order valence-corrected chi connectivity index (χ2v) is 6.70. The summed E-state index contributed by atoms with van der Waals surface area (Å²) in [4.78, 5) is 29.7. The van der Waals surface area contributed by atoms with Crippen molar-refractivity contribution in [1.29, 1.82) is 0 Å². The van der Waals surface area contributed by atoms with Gasteiger partial charge in [-0.25, -0.2) is 9.66 Å². The van der Waals surface area contributed by atoms with Gasteiger partial charge in [-0.2, -0.15) is 0 Å². The van der Waals surface area contributed by atoms with E-state index in [1.54, 1.807) is 17.1 Å². The molecule has 0 aliphatic rings. The molecule has 2 heterocycles. The van der Waals surface area contributed by atoms with Gasteiger partial charge in [-0.05, 0) is 29.5 Å². The summed E-state index contributed by atoms with van der Waals surface area (Å²) in [7, 11) is 0. The van der Waals surface area contributed by atoms with E-state index in [1.807, 2.05) is 49.6 Å². The van der Waals surface area contributed by atoms with Crippen molar-refractivity contribution in [2.75, 3.05) is 5.43 Å². The molecule has 2 amide bonds. The predicted molar refractivity (Wildman–Crippen MR) is 94.5 cm³/mol. The van der Waals surface area contributed by atoms with E-state index in [0.717, 1.165) is 11.0 Å². The summed E-state index contributed by atoms with van der Waals surface area (Å²) in [5.74, 6) is -0.573. The second kappa shape index (κ2) is 6.84. The molecule has 7 heteroatoms. The molecule has 3 rings (SSSR count). The minimum Gasteiger partial charge on any atom is -0.339 e. The van der Waals surface area contributed by atoms with Crippen LogP contribution in [-0.4, -0.2) is 27.5 Å². The first-order valence-electron chi connectivity index (χ1n) is 7.63. The molecule has 6 nitrogen and oxygen atoms in total. The van der Waals surface area contributed by atoms with Crippen molar-refractivity contribution < 1.29 is 9.59 Å². The Labute approximate surface area is 143 Å². The summed E-state index contributed by atoms with van der Waals surface area (Å²) in [6, 6.07) is 10.4. The monoisotopic (exact) mass is 342 g/mol. The molecular formula is C17H18N4O2S. The third kappa shape index (κ3) is 3.30. The summed E-state index contributed by atoms with van der Waals surface area (Å²) in [5.41, 5.74) is 4.40. The molecule has 1 unspecified atom stereocenters. The lowest BCUT2D eigenvalue weighted by Gasteiger charge is -2.21. The maximum absolute atomic E-state index is 12.6. The number of fused-ring (bicyclic) bond motifs is 1. The maximum Gasteiger partial charge on any atom is 0.262 e. The lowest BCUT2D eigenvalue weighted by Crippen LogP contribution is -2.48. The van der Waals surface area contributed by atoms with Crippen LogP contribution in [0.4, 0.5) is 0 Å². The standard InChI is InChI=1S/C17H18N4O2S/c1-11(2)15(19-16(22)14-8-5-9-24-14)17(23)20-21-10-18-12-6-3-4-7-13(12)21/h3-11,15H,1-2H3,(H,19,22)(H,20,23). The van der Waals surface area contributed by atoms with Crippen LogP contribution in [0.3, 0.4) is 0 Å². The van der Waals surface area contributed by atoms with Crippen molar-refractivity contribution in [3.63, 3.8) is 0 Å². The third-order valence-electron chi connectivity index (χ3n) is 3.66. The Hall–Kier alpha value is -2.67. The molecule has 0 aliphatic carbocycles. The normalized spacial score (nSPS) is 12.3. The van der Waals surface area contributed by atoms with Crippen LogP contribution in [0.2, 0.25) is 0 Å². The average molecular weight is 342 g/mol. The third-order valence-corrected chi connectivity index (χ3v) is 4.53. The smallest absolute Gasteiger partial charge is 0.262 e. The number of amides is 2. The fraction of sp³-hybridized carbons (Fsp3) is 0.235. The van der Waals surface area contributed by atoms with E-state index in [1.165, 1.54) is 11.3 Å². The molecule has 124 valence electrons. The molecule has 0 bridgehead atoms. The van der Waals surface area contributed by atoms with E-state index in [4.69, 9.17) is 0 Å². The molecular weight excluding hydrogens is 324 g/mol. The number of benzene rings is 1. The van der Waals surface area contributed by atoms with Crippen molar-refractivity contribution in [2.24, 2.45) is 5.92 Å². The van der Waals surface area contributed by atoms with Gasteiger partial charge in [0.25, 0.3) is 11.8 Å². The van der Waals surface area contributed by atoms with Crippen LogP contribution in [0.15, 0.2) is 48.1 Å². The predicted octanol–water partition coefficient (Wildman–Crippen LogP) is 2.62. The first kappa shape index (κ1) is 16.2. The Morgan fingerprint density at radius 1 is 1.17 bits per heavy atom. The highest BCUT2D eigenvalue weighted by atomic mass is 32.1. The summed E-state index contributed by atoms with van der Waals surface area (Å²) in [6.45, 7) is 3.79. The van der Waals surface area contributed by atoms with E-state index in [2.05, 4.69) is 15.7 Å². The van der Waals surface area contributed by atoms with Crippen molar-refractivity contribution >= 4 is 34.2 Å². The number of nitrogens with one attached hydrogen (secondary N) is 2. The summed E-state index contributed by atoms with van der Waals surface area (Å²) >= 11 is 1.34. The molecule has 1 aromatic carbocycles. The van der Waals surface area contributed by atoms with E-state index < -0.39 is 6.04 Å². The number of aromatic nitrogens is 2. The lowest BCUT2D eigenvalue weighted by molar-refractivity contribution is -0.119. The quantitative estimate of drug-likeness (QED) is 0.748. The second-order valence-electron chi connectivity index (χ2n) is 5.75. The topological polar surface area (TPSA) is 76.0 Å². The number of hydrogen-bond donors (Lipinski definition) is 2. The van der Waals surface area contributed by atoms with Crippen LogP contribution in [0.5, 0.6) is 0 Å². The largest absolute Gasteiger partial charge is 0.339 e. The number of para-hydroxylation sites is 2. The van der Waals surface area contributed by atoms with Crippen molar-refractivity contribution in [2.45, 2.75) is 19.9 Å². The number of carbonyl (C=O) groups is 2. The van der Waals surface area contributed by atoms with E-state index in [9.17, 15) is 9.59 Å². The first-order valence-corrected chi connectivity index (χ1v) is 8.51. The van der Waals surface area contributed by atoms with Crippen LogP contribution in [0.25, 0.3) is 11.0 Å². The fourth-order valence-corrected chi connectivity index (χ4v) is 3.02. The van der Waals surface area contributed by atoms with Gasteiger partial charge in [0, 0.05) is 0 Å². The Balaban J connectivity index is 1.76. The van der Waals surface area contributed by atoms with E-state index >= 15 is 0 Å². The van der Waals surface area contributed by atoms with Gasteiger partial charge < -0.3 is 5.32 Å². The van der Waals surface area contributed by atoms with Gasteiger partial charge in [-0.1, -0.05) is 32.0 Å². The number of thiophene rings is 1. The Bertz CT molecular complexity index is 854. The van der Waals surface area contributed by atoms with Gasteiger partial charge in [-0.15, -0.1) is 11.3 Å². The molecule has 1 atom stereocenters. The fourth-order valence-electron chi connectivity index (χ4n) is 2.39. The van der Waals surface area contributed by atoms with Crippen LogP contribution in [-0.2, 0) is 4.79 Å². The molecule has 0 saturated heterocycles. The maximum atomic E-state index is 12.6. The SMILES string of the molecule is CC(C)C(NC(=O)c1cccs1)C(=O)Nn1cnc2ccccc21. The van der Waals surface area contributed by atoms with Crippen molar-refractivity contribution in [1.82, 2.24) is 15.0 Å². The number of rotatable bonds is 5. The highest BCUT2D eigenvalue weighted by Gasteiger charge is 2.25. The van der Waals surface area contributed by atoms with Crippen LogP contribution >= 0.6 is 11.3 Å². The molecule has 0 radical (unpaired) electrons. The molecule has 0 fully saturated rings. The van der Waals surface area contributed by atoms with Crippen molar-refractivity contribution in [3.8, 4) is 0 Å². The summed E-state index contributed by atoms with van der Waals surface area (Å²) < 4.78 is 1.57. The number of nitrogens with zero attached hydrogens (tertiary/aromatic N) is 2. The van der Waals surface area contributed by atoms with Gasteiger partial charge in [-0.3, -0.25) is 15.0 Å². The summed E-state index contributed by atoms with van der Waals surface area (Å²) in [6.07, 6.45) is 1.56. The van der Waals surface area contributed by atoms with Gasteiger partial charge in [0.15, 0.2) is 0 Å². The van der Waals surface area contributed by atoms with Gasteiger partial charge in [0.05, 0.1) is 15.9 Å². The van der Waals surface area contributed by atoms with Gasteiger partial charge >= 0.3 is 0 Å². The molecule has 2 aromatic heterocycles. The van der Waals surface area contributed by atoms with Crippen LogP contribution in [0, 0.1) is 5.92 Å². The zero-order valence-electron chi connectivity index (χ0n) is 13.4. The highest BCUT2D eigenvalue weighted by Crippen LogP contribution is 2.12. The minimum absolute atomic E-state index is 0.0521. The first-order chi connectivity index (χ1) is 11.6. The highest BCUT2D eigenvalue weighted by molar-refractivity contribution is 7.12. The zero-order valence-corrected chi connectivity index (χ0v) is 14.2. The molecule has 0 aliphatic heterocycles. The molecule has 24 heavy (non-hydrogen) atoms. The molecule has 0 saturated carbocycles. The van der Waals surface area contributed by atoms with Crippen LogP contribution < -0.4 is 10.7 Å². The zero-order chi connectivity index (χ0) is 17.1. The van der Waals surface area contributed by atoms with E-state index in [0.29, 0.717) is 4.88 Å². The Morgan fingerprint density at radius 2 is 1.96 bits per heavy atom. The molecule has 0 spiro atoms. The minimum atomic E-state index is -0.638. The number of carbonyl (C=O) groups excluding carboxylic acids is 2. The summed E-state index contributed by atoms with van der Waals surface area (Å²) in [5, 5.41) is 4.64. The lowest BCUT2D eigenvalue weighted by atomic mass is 10.0. The molecule has 3 aromatic rings. The number of imidazole rings is 1. The molecule has 2 N–H and O–H groups in total.